The summed E-state index contributed by atoms with van der Waals surface area (Å²) < 4.78 is 5.47. The smallest absolute Gasteiger partial charge is 0.325 e. The monoisotopic (exact) mass is 479 g/mol. The molecule has 0 aliphatic heterocycles. The van der Waals surface area contributed by atoms with Gasteiger partial charge < -0.3 is 15.0 Å². The number of halogens is 2. The van der Waals surface area contributed by atoms with Gasteiger partial charge >= 0.3 is 5.97 Å². The SMILES string of the molecule is CCN(CC(=O)OC)c1ccc(N=Nc2nc3ccc(Cl)c(Cl)c3s2)c(NC(C)=O)c1. The number of methoxy groups -OCH3 is 1. The predicted molar refractivity (Wildman–Crippen MR) is 124 cm³/mol. The summed E-state index contributed by atoms with van der Waals surface area (Å²) in [5, 5.41) is 12.5. The van der Waals surface area contributed by atoms with Crippen molar-refractivity contribution in [2.75, 3.05) is 30.4 Å². The number of fused-ring (bicyclic) bond motifs is 1. The lowest BCUT2D eigenvalue weighted by Crippen LogP contribution is -2.30. The Kier molecular flexibility index (Phi) is 7.42. The Labute approximate surface area is 192 Å². The number of nitrogens with zero attached hydrogens (tertiary/aromatic N) is 4. The fraction of sp³-hybridized carbons (Fsp3) is 0.250. The Hall–Kier alpha value is -2.75. The fourth-order valence-corrected chi connectivity index (χ4v) is 4.08. The average molecular weight is 480 g/mol. The van der Waals surface area contributed by atoms with Gasteiger partial charge in [-0.25, -0.2) is 4.98 Å². The molecule has 0 bridgehead atoms. The third kappa shape index (κ3) is 5.49. The van der Waals surface area contributed by atoms with E-state index in [0.29, 0.717) is 38.6 Å². The number of anilines is 2. The van der Waals surface area contributed by atoms with Gasteiger partial charge in [-0.3, -0.25) is 9.59 Å². The van der Waals surface area contributed by atoms with E-state index >= 15 is 0 Å². The van der Waals surface area contributed by atoms with Crippen molar-refractivity contribution in [1.82, 2.24) is 4.98 Å². The van der Waals surface area contributed by atoms with E-state index in [4.69, 9.17) is 27.9 Å². The van der Waals surface area contributed by atoms with Crippen molar-refractivity contribution in [3.8, 4) is 0 Å². The first kappa shape index (κ1) is 22.9. The van der Waals surface area contributed by atoms with Gasteiger partial charge in [0.05, 0.1) is 33.1 Å². The van der Waals surface area contributed by atoms with Gasteiger partial charge in [0.15, 0.2) is 0 Å². The normalized spacial score (nSPS) is 11.1. The van der Waals surface area contributed by atoms with Crippen molar-refractivity contribution in [2.24, 2.45) is 10.2 Å². The predicted octanol–water partition coefficient (Wildman–Crippen LogP) is 5.98. The van der Waals surface area contributed by atoms with Crippen LogP contribution in [-0.2, 0) is 14.3 Å². The lowest BCUT2D eigenvalue weighted by Gasteiger charge is -2.22. The van der Waals surface area contributed by atoms with Crippen LogP contribution in [0.5, 0.6) is 0 Å². The van der Waals surface area contributed by atoms with E-state index in [-0.39, 0.29) is 18.4 Å². The first-order valence-electron chi connectivity index (χ1n) is 9.22. The zero-order chi connectivity index (χ0) is 22.5. The molecule has 2 aromatic carbocycles. The number of carbonyl (C=O) groups excluding carboxylic acids is 2. The van der Waals surface area contributed by atoms with Crippen LogP contribution in [0.1, 0.15) is 13.8 Å². The summed E-state index contributed by atoms with van der Waals surface area (Å²) in [5.41, 5.74) is 2.31. The highest BCUT2D eigenvalue weighted by atomic mass is 35.5. The lowest BCUT2D eigenvalue weighted by molar-refractivity contribution is -0.139. The van der Waals surface area contributed by atoms with Gasteiger partial charge in [0.25, 0.3) is 0 Å². The van der Waals surface area contributed by atoms with Gasteiger partial charge in [-0.1, -0.05) is 34.5 Å². The Morgan fingerprint density at radius 3 is 2.68 bits per heavy atom. The van der Waals surface area contributed by atoms with Crippen molar-refractivity contribution in [2.45, 2.75) is 13.8 Å². The maximum Gasteiger partial charge on any atom is 0.325 e. The van der Waals surface area contributed by atoms with Crippen LogP contribution in [0.25, 0.3) is 10.2 Å². The molecule has 0 saturated carbocycles. The van der Waals surface area contributed by atoms with E-state index in [2.05, 4.69) is 20.5 Å². The maximum absolute atomic E-state index is 11.7. The Balaban J connectivity index is 1.93. The van der Waals surface area contributed by atoms with Crippen LogP contribution in [0.15, 0.2) is 40.6 Å². The third-order valence-corrected chi connectivity index (χ3v) is 6.16. The second kappa shape index (κ2) is 10.0. The standard InChI is InChI=1S/C20H19Cl2N5O3S/c1-4-27(10-17(29)30-3)12-5-7-14(16(9-12)23-11(2)28)25-26-20-24-15-8-6-13(21)18(22)19(15)31-20/h5-9H,4,10H2,1-3H3,(H,23,28). The fourth-order valence-electron chi connectivity index (χ4n) is 2.77. The zero-order valence-electron chi connectivity index (χ0n) is 17.0. The van der Waals surface area contributed by atoms with Gasteiger partial charge in [-0.05, 0) is 37.3 Å². The Bertz CT molecular complexity index is 1170. The molecule has 0 atom stereocenters. The minimum Gasteiger partial charge on any atom is -0.468 e. The van der Waals surface area contributed by atoms with Gasteiger partial charge in [-0.2, -0.15) is 0 Å². The van der Waals surface area contributed by atoms with E-state index in [0.717, 1.165) is 10.4 Å². The molecule has 1 amide bonds. The highest BCUT2D eigenvalue weighted by molar-refractivity contribution is 7.22. The van der Waals surface area contributed by atoms with Crippen molar-refractivity contribution in [3.05, 3.63) is 40.4 Å². The summed E-state index contributed by atoms with van der Waals surface area (Å²) in [7, 11) is 1.34. The number of ether oxygens (including phenoxy) is 1. The highest BCUT2D eigenvalue weighted by Gasteiger charge is 2.14. The number of hydrogen-bond donors (Lipinski definition) is 1. The molecule has 162 valence electrons. The summed E-state index contributed by atoms with van der Waals surface area (Å²) in [6, 6.07) is 8.67. The van der Waals surface area contributed by atoms with Gasteiger partial charge in [0, 0.05) is 19.2 Å². The molecule has 0 unspecified atom stereocenters. The Morgan fingerprint density at radius 1 is 1.23 bits per heavy atom. The van der Waals surface area contributed by atoms with Crippen molar-refractivity contribution in [1.29, 1.82) is 0 Å². The largest absolute Gasteiger partial charge is 0.468 e. The molecule has 1 N–H and O–H groups in total. The summed E-state index contributed by atoms with van der Waals surface area (Å²) in [6.07, 6.45) is 0. The molecule has 8 nitrogen and oxygen atoms in total. The topological polar surface area (TPSA) is 96.2 Å². The first-order chi connectivity index (χ1) is 14.8. The van der Waals surface area contributed by atoms with Crippen molar-refractivity contribution < 1.29 is 14.3 Å². The van der Waals surface area contributed by atoms with Crippen molar-refractivity contribution >= 4 is 78.8 Å². The summed E-state index contributed by atoms with van der Waals surface area (Å²) in [6.45, 7) is 3.98. The molecule has 31 heavy (non-hydrogen) atoms. The molecule has 1 aromatic heterocycles. The number of hydrogen-bond acceptors (Lipinski definition) is 8. The van der Waals surface area contributed by atoms with Crippen LogP contribution >= 0.6 is 34.5 Å². The number of carbonyl (C=O) groups is 2. The highest BCUT2D eigenvalue weighted by Crippen LogP contribution is 2.38. The van der Waals surface area contributed by atoms with Crippen LogP contribution in [0.4, 0.5) is 22.2 Å². The zero-order valence-corrected chi connectivity index (χ0v) is 19.3. The molecular formula is C20H19Cl2N5O3S. The molecule has 3 rings (SSSR count). The van der Waals surface area contributed by atoms with Gasteiger partial charge in [0.2, 0.25) is 11.0 Å². The summed E-state index contributed by atoms with van der Waals surface area (Å²) in [4.78, 5) is 29.6. The van der Waals surface area contributed by atoms with Gasteiger partial charge in [-0.15, -0.1) is 10.2 Å². The number of nitrogens with one attached hydrogen (secondary N) is 1. The summed E-state index contributed by atoms with van der Waals surface area (Å²) >= 11 is 13.5. The number of aromatic nitrogens is 1. The number of esters is 1. The second-order valence-electron chi connectivity index (χ2n) is 6.38. The molecule has 3 aromatic rings. The molecule has 1 heterocycles. The van der Waals surface area contributed by atoms with E-state index < -0.39 is 0 Å². The number of amides is 1. The second-order valence-corrected chi connectivity index (χ2v) is 8.14. The van der Waals surface area contributed by atoms with Crippen LogP contribution in [0.2, 0.25) is 10.0 Å². The number of thiazole rings is 1. The quantitative estimate of drug-likeness (QED) is 0.332. The average Bonchev–Trinajstić information content (AvgIpc) is 3.17. The van der Waals surface area contributed by atoms with Crippen LogP contribution in [0, 0.1) is 0 Å². The molecule has 0 saturated heterocycles. The summed E-state index contributed by atoms with van der Waals surface area (Å²) in [5.74, 6) is -0.618. The molecule has 0 radical (unpaired) electrons. The molecule has 0 aliphatic rings. The lowest BCUT2D eigenvalue weighted by atomic mass is 10.2. The number of rotatable bonds is 7. The van der Waals surface area contributed by atoms with E-state index in [1.165, 1.54) is 25.4 Å². The van der Waals surface area contributed by atoms with Crippen LogP contribution < -0.4 is 10.2 Å². The third-order valence-electron chi connectivity index (χ3n) is 4.27. The first-order valence-corrected chi connectivity index (χ1v) is 10.8. The molecule has 11 heteroatoms. The number of likely N-dealkylation sites (N-methyl/N-ethyl adjacent to an activating group) is 1. The number of azo groups is 1. The van der Waals surface area contributed by atoms with E-state index in [9.17, 15) is 9.59 Å². The Morgan fingerprint density at radius 2 is 2.00 bits per heavy atom. The number of benzene rings is 2. The van der Waals surface area contributed by atoms with E-state index in [1.54, 1.807) is 30.3 Å². The van der Waals surface area contributed by atoms with Crippen LogP contribution in [-0.4, -0.2) is 37.1 Å². The molecule has 0 aliphatic carbocycles. The minimum atomic E-state index is -0.360. The minimum absolute atomic E-state index is 0.0857. The molecule has 0 spiro atoms. The van der Waals surface area contributed by atoms with Crippen molar-refractivity contribution in [3.63, 3.8) is 0 Å². The van der Waals surface area contributed by atoms with E-state index in [1.807, 2.05) is 11.8 Å². The van der Waals surface area contributed by atoms with Gasteiger partial charge in [0.1, 0.15) is 12.2 Å². The van der Waals surface area contributed by atoms with Crippen LogP contribution in [0.3, 0.4) is 0 Å². The molecular weight excluding hydrogens is 461 g/mol. The molecule has 0 fully saturated rings. The maximum atomic E-state index is 11.7.